The van der Waals surface area contributed by atoms with Gasteiger partial charge in [0.1, 0.15) is 0 Å². The maximum Gasteiger partial charge on any atom is 0.0917 e. The lowest BCUT2D eigenvalue weighted by molar-refractivity contribution is 0.0766. The molecule has 1 atom stereocenters. The zero-order valence-corrected chi connectivity index (χ0v) is 15.7. The molecular formula is C16H24Br2N2O. The molecule has 2 rings (SSSR count). The monoisotopic (exact) mass is 418 g/mol. The van der Waals surface area contributed by atoms with E-state index in [9.17, 15) is 5.11 Å². The number of likely N-dealkylation sites (N-methyl/N-ethyl adjacent to an activating group) is 1. The fourth-order valence-electron chi connectivity index (χ4n) is 3.11. The molecule has 1 saturated carbocycles. The molecule has 0 aliphatic heterocycles. The molecule has 5 heteroatoms. The number of nitrogens with zero attached hydrogens (tertiary/aromatic N) is 1. The van der Waals surface area contributed by atoms with Crippen LogP contribution in [0.2, 0.25) is 0 Å². The molecular weight excluding hydrogens is 396 g/mol. The van der Waals surface area contributed by atoms with Crippen LogP contribution in [0.4, 0.5) is 5.69 Å². The molecule has 0 amide bonds. The van der Waals surface area contributed by atoms with Gasteiger partial charge in [-0.15, -0.1) is 0 Å². The second-order valence-corrected chi connectivity index (χ2v) is 7.50. The molecule has 21 heavy (non-hydrogen) atoms. The maximum absolute atomic E-state index is 10.6. The number of hydrogen-bond donors (Lipinski definition) is 2. The standard InChI is InChI=1S/C16H24Br2N2O/c1-2-20(12-6-4-3-5-7-12)10-15(21)11-8-13(17)16(19)14(18)9-11/h8-9,12,15,21H,2-7,10,19H2,1H3. The Balaban J connectivity index is 2.06. The molecule has 118 valence electrons. The second-order valence-electron chi connectivity index (χ2n) is 5.79. The highest BCUT2D eigenvalue weighted by Crippen LogP contribution is 2.32. The van der Waals surface area contributed by atoms with E-state index in [1.165, 1.54) is 32.1 Å². The largest absolute Gasteiger partial charge is 0.397 e. The Kier molecular flexibility index (Phi) is 6.53. The van der Waals surface area contributed by atoms with Crippen LogP contribution in [0.3, 0.4) is 0 Å². The van der Waals surface area contributed by atoms with E-state index in [4.69, 9.17) is 5.73 Å². The Morgan fingerprint density at radius 2 is 1.81 bits per heavy atom. The van der Waals surface area contributed by atoms with Crippen molar-refractivity contribution in [2.45, 2.75) is 51.2 Å². The van der Waals surface area contributed by atoms with Crippen molar-refractivity contribution in [3.05, 3.63) is 26.6 Å². The SMILES string of the molecule is CCN(CC(O)c1cc(Br)c(N)c(Br)c1)C1CCCCC1. The van der Waals surface area contributed by atoms with E-state index in [1.54, 1.807) is 0 Å². The van der Waals surface area contributed by atoms with Crippen LogP contribution < -0.4 is 5.73 Å². The highest BCUT2D eigenvalue weighted by Gasteiger charge is 2.23. The van der Waals surface area contributed by atoms with Gasteiger partial charge in [-0.3, -0.25) is 4.90 Å². The average molecular weight is 420 g/mol. The molecule has 0 radical (unpaired) electrons. The third kappa shape index (κ3) is 4.44. The van der Waals surface area contributed by atoms with Crippen LogP contribution in [0.15, 0.2) is 21.1 Å². The van der Waals surface area contributed by atoms with E-state index >= 15 is 0 Å². The molecule has 1 aliphatic carbocycles. The summed E-state index contributed by atoms with van der Waals surface area (Å²) < 4.78 is 1.65. The van der Waals surface area contributed by atoms with Gasteiger partial charge in [-0.2, -0.15) is 0 Å². The maximum atomic E-state index is 10.6. The summed E-state index contributed by atoms with van der Waals surface area (Å²) in [7, 11) is 0. The Labute approximate surface area is 144 Å². The fourth-order valence-corrected chi connectivity index (χ4v) is 4.33. The van der Waals surface area contributed by atoms with Crippen LogP contribution in [0.1, 0.15) is 50.7 Å². The fraction of sp³-hybridized carbons (Fsp3) is 0.625. The van der Waals surface area contributed by atoms with Gasteiger partial charge < -0.3 is 10.8 Å². The van der Waals surface area contributed by atoms with Gasteiger partial charge in [0, 0.05) is 21.5 Å². The first-order chi connectivity index (χ1) is 10.0. The summed E-state index contributed by atoms with van der Waals surface area (Å²) in [4.78, 5) is 2.42. The second kappa shape index (κ2) is 7.95. The molecule has 0 bridgehead atoms. The quantitative estimate of drug-likeness (QED) is 0.691. The number of hydrogen-bond acceptors (Lipinski definition) is 3. The van der Waals surface area contributed by atoms with Gasteiger partial charge in [0.25, 0.3) is 0 Å². The third-order valence-corrected chi connectivity index (χ3v) is 5.70. The van der Waals surface area contributed by atoms with Crippen molar-refractivity contribution in [3.63, 3.8) is 0 Å². The molecule has 0 aromatic heterocycles. The smallest absolute Gasteiger partial charge is 0.0917 e. The number of halogens is 2. The summed E-state index contributed by atoms with van der Waals surface area (Å²) in [6, 6.07) is 4.46. The van der Waals surface area contributed by atoms with E-state index in [1.807, 2.05) is 12.1 Å². The molecule has 1 unspecified atom stereocenters. The summed E-state index contributed by atoms with van der Waals surface area (Å²) >= 11 is 6.89. The van der Waals surface area contributed by atoms with Crippen LogP contribution >= 0.6 is 31.9 Å². The number of anilines is 1. The Morgan fingerprint density at radius 1 is 1.24 bits per heavy atom. The van der Waals surface area contributed by atoms with Crippen molar-refractivity contribution in [2.75, 3.05) is 18.8 Å². The van der Waals surface area contributed by atoms with Gasteiger partial charge in [0.2, 0.25) is 0 Å². The molecule has 3 nitrogen and oxygen atoms in total. The van der Waals surface area contributed by atoms with Crippen LogP contribution in [0, 0.1) is 0 Å². The van der Waals surface area contributed by atoms with Gasteiger partial charge in [0.15, 0.2) is 0 Å². The summed E-state index contributed by atoms with van der Waals surface area (Å²) in [5.41, 5.74) is 7.48. The summed E-state index contributed by atoms with van der Waals surface area (Å²) in [6.07, 6.45) is 6.02. The minimum Gasteiger partial charge on any atom is -0.397 e. The number of rotatable bonds is 5. The Hall–Kier alpha value is -0.100. The minimum atomic E-state index is -0.486. The van der Waals surface area contributed by atoms with Crippen molar-refractivity contribution in [1.82, 2.24) is 4.90 Å². The van der Waals surface area contributed by atoms with E-state index < -0.39 is 6.10 Å². The first kappa shape index (κ1) is 17.3. The molecule has 1 aromatic carbocycles. The lowest BCUT2D eigenvalue weighted by atomic mass is 9.93. The first-order valence-corrected chi connectivity index (χ1v) is 9.28. The molecule has 1 aliphatic rings. The number of aliphatic hydroxyl groups excluding tert-OH is 1. The summed E-state index contributed by atoms with van der Waals surface area (Å²) in [6.45, 7) is 3.85. The lowest BCUT2D eigenvalue weighted by Gasteiger charge is -2.35. The van der Waals surface area contributed by atoms with Gasteiger partial charge >= 0.3 is 0 Å². The predicted molar refractivity (Wildman–Crippen MR) is 95.3 cm³/mol. The summed E-state index contributed by atoms with van der Waals surface area (Å²) in [5.74, 6) is 0. The number of nitrogen functional groups attached to an aromatic ring is 1. The molecule has 0 saturated heterocycles. The molecule has 3 N–H and O–H groups in total. The highest BCUT2D eigenvalue weighted by molar-refractivity contribution is 9.11. The van der Waals surface area contributed by atoms with Crippen LogP contribution in [-0.2, 0) is 0 Å². The van der Waals surface area contributed by atoms with E-state index in [0.717, 1.165) is 21.1 Å². The summed E-state index contributed by atoms with van der Waals surface area (Å²) in [5, 5.41) is 10.6. The van der Waals surface area contributed by atoms with Crippen LogP contribution in [-0.4, -0.2) is 29.1 Å². The van der Waals surface area contributed by atoms with Gasteiger partial charge in [-0.05, 0) is 68.9 Å². The molecule has 0 spiro atoms. The molecule has 1 aromatic rings. The van der Waals surface area contributed by atoms with Gasteiger partial charge in [0.05, 0.1) is 11.8 Å². The van der Waals surface area contributed by atoms with Crippen molar-refractivity contribution in [2.24, 2.45) is 0 Å². The van der Waals surface area contributed by atoms with Crippen molar-refractivity contribution < 1.29 is 5.11 Å². The highest BCUT2D eigenvalue weighted by atomic mass is 79.9. The first-order valence-electron chi connectivity index (χ1n) is 7.69. The lowest BCUT2D eigenvalue weighted by Crippen LogP contribution is -2.39. The van der Waals surface area contributed by atoms with Crippen LogP contribution in [0.5, 0.6) is 0 Å². The van der Waals surface area contributed by atoms with Gasteiger partial charge in [-0.25, -0.2) is 0 Å². The number of aliphatic hydroxyl groups is 1. The van der Waals surface area contributed by atoms with E-state index in [0.29, 0.717) is 18.3 Å². The van der Waals surface area contributed by atoms with Crippen molar-refractivity contribution in [1.29, 1.82) is 0 Å². The minimum absolute atomic E-state index is 0.486. The molecule has 0 heterocycles. The zero-order chi connectivity index (χ0) is 15.4. The third-order valence-electron chi connectivity index (χ3n) is 4.39. The Morgan fingerprint density at radius 3 is 2.33 bits per heavy atom. The number of benzene rings is 1. The normalized spacial score (nSPS) is 18.1. The molecule has 1 fully saturated rings. The van der Waals surface area contributed by atoms with E-state index in [2.05, 4.69) is 43.7 Å². The Bertz CT molecular complexity index is 452. The predicted octanol–water partition coefficient (Wildman–Crippen LogP) is 4.48. The zero-order valence-electron chi connectivity index (χ0n) is 12.5. The van der Waals surface area contributed by atoms with Crippen LogP contribution in [0.25, 0.3) is 0 Å². The topological polar surface area (TPSA) is 49.5 Å². The average Bonchev–Trinajstić information content (AvgIpc) is 2.50. The van der Waals surface area contributed by atoms with E-state index in [-0.39, 0.29) is 0 Å². The van der Waals surface area contributed by atoms with Crippen molar-refractivity contribution >= 4 is 37.5 Å². The number of nitrogens with two attached hydrogens (primary N) is 1. The van der Waals surface area contributed by atoms with Crippen molar-refractivity contribution in [3.8, 4) is 0 Å². The van der Waals surface area contributed by atoms with Gasteiger partial charge in [-0.1, -0.05) is 26.2 Å².